The maximum atomic E-state index is 10.9. The van der Waals surface area contributed by atoms with Crippen molar-refractivity contribution in [3.63, 3.8) is 0 Å². The highest BCUT2D eigenvalue weighted by Crippen LogP contribution is 2.45. The summed E-state index contributed by atoms with van der Waals surface area (Å²) in [5.74, 6) is 3.22. The van der Waals surface area contributed by atoms with E-state index in [-0.39, 0.29) is 6.04 Å². The highest BCUT2D eigenvalue weighted by atomic mass is 16.3. The van der Waals surface area contributed by atoms with Crippen molar-refractivity contribution in [1.29, 1.82) is 0 Å². The molecular formula is C31H42N10O. The Labute approximate surface area is 247 Å². The summed E-state index contributed by atoms with van der Waals surface area (Å²) >= 11 is 0. The van der Waals surface area contributed by atoms with Gasteiger partial charge in [-0.25, -0.2) is 15.0 Å². The molecule has 5 rings (SSSR count). The fraction of sp³-hybridized carbons (Fsp3) is 0.419. The third kappa shape index (κ3) is 6.97. The van der Waals surface area contributed by atoms with Gasteiger partial charge in [0.15, 0.2) is 5.82 Å². The number of piperidine rings is 1. The topological polar surface area (TPSA) is 140 Å². The van der Waals surface area contributed by atoms with Crippen LogP contribution >= 0.6 is 0 Å². The second kappa shape index (κ2) is 14.6. The summed E-state index contributed by atoms with van der Waals surface area (Å²) in [6.07, 6.45) is 15.3. The molecule has 1 aliphatic carbocycles. The van der Waals surface area contributed by atoms with E-state index >= 15 is 0 Å². The lowest BCUT2D eigenvalue weighted by Crippen LogP contribution is -2.53. The largest absolute Gasteiger partial charge is 0.390 e. The smallest absolute Gasteiger partial charge is 0.247 e. The van der Waals surface area contributed by atoms with Crippen molar-refractivity contribution in [3.05, 3.63) is 66.3 Å². The molecule has 4 heterocycles. The zero-order valence-electron chi connectivity index (χ0n) is 25.0. The van der Waals surface area contributed by atoms with Crippen molar-refractivity contribution < 1.29 is 5.11 Å². The van der Waals surface area contributed by atoms with E-state index in [9.17, 15) is 5.11 Å². The Balaban J connectivity index is 0.00000198. The third-order valence-corrected chi connectivity index (χ3v) is 7.23. The molecule has 2 aliphatic rings. The first-order chi connectivity index (χ1) is 20.6. The maximum Gasteiger partial charge on any atom is 0.247 e. The quantitative estimate of drug-likeness (QED) is 0.188. The molecule has 0 aromatic carbocycles. The number of hydrogen-bond donors (Lipinski definition) is 4. The standard InChI is InChI=1S/C29H36N10O.C2H6/c1-5-8-9-24-34-29(38-37-24)35-25(30-4)14-18(6-2)27-33-21-16-32-15-20(19-10-11-19)26(21)28(36-27)39(7-3)22-12-13-31-17-23(22)40;1-2/h5-6,8-9,14-16,19,22-23,31,40H,1,4,7,10-13,17H2,2-3H3,(H2,34,35,37,38);1-2H3/b9-8-,18-6+,25-14+;. The summed E-state index contributed by atoms with van der Waals surface area (Å²) in [4.78, 5) is 25.4. The lowest BCUT2D eigenvalue weighted by Gasteiger charge is -2.38. The third-order valence-electron chi connectivity index (χ3n) is 7.23. The van der Waals surface area contributed by atoms with Gasteiger partial charge in [0.2, 0.25) is 5.95 Å². The van der Waals surface area contributed by atoms with Crippen molar-refractivity contribution >= 4 is 41.0 Å². The highest BCUT2D eigenvalue weighted by Gasteiger charge is 2.33. The Hall–Kier alpha value is -4.22. The number of aliphatic imine (C=N–C) groups is 1. The number of nitrogens with zero attached hydrogens (tertiary/aromatic N) is 7. The molecule has 222 valence electrons. The summed E-state index contributed by atoms with van der Waals surface area (Å²) in [6, 6.07) is -0.0517. The molecular weight excluding hydrogens is 528 g/mol. The maximum absolute atomic E-state index is 10.9. The number of aliphatic hydroxyl groups is 1. The number of rotatable bonds is 11. The van der Waals surface area contributed by atoms with Crippen molar-refractivity contribution in [2.24, 2.45) is 4.99 Å². The number of pyridine rings is 1. The van der Waals surface area contributed by atoms with Gasteiger partial charge in [0, 0.05) is 30.2 Å². The summed E-state index contributed by atoms with van der Waals surface area (Å²) in [5, 5.41) is 25.4. The van der Waals surface area contributed by atoms with Gasteiger partial charge >= 0.3 is 0 Å². The van der Waals surface area contributed by atoms with E-state index in [4.69, 9.17) is 9.97 Å². The Morgan fingerprint density at radius 1 is 1.21 bits per heavy atom. The average molecular weight is 571 g/mol. The average Bonchev–Trinajstić information content (AvgIpc) is 3.78. The van der Waals surface area contributed by atoms with Gasteiger partial charge in [0.05, 0.1) is 23.9 Å². The van der Waals surface area contributed by atoms with E-state index in [1.165, 1.54) is 5.56 Å². The molecule has 0 radical (unpaired) electrons. The SMILES string of the molecule is C=C/C=C\c1nc(N/C(=C/C(=C\C)c2nc(N(CC)C3CCNCC3O)c3c(C4CC4)cncc3n2)N=C)n[nH]1.CC. The molecule has 4 N–H and O–H groups in total. The van der Waals surface area contributed by atoms with Crippen LogP contribution in [0.4, 0.5) is 11.8 Å². The molecule has 1 saturated heterocycles. The van der Waals surface area contributed by atoms with Gasteiger partial charge in [0.25, 0.3) is 0 Å². The van der Waals surface area contributed by atoms with Crippen LogP contribution in [0.1, 0.15) is 70.1 Å². The molecule has 3 aromatic heterocycles. The molecule has 2 atom stereocenters. The summed E-state index contributed by atoms with van der Waals surface area (Å²) in [7, 11) is 0. The number of anilines is 2. The van der Waals surface area contributed by atoms with E-state index < -0.39 is 6.10 Å². The summed E-state index contributed by atoms with van der Waals surface area (Å²) in [6.45, 7) is 17.5. The first kappa shape index (κ1) is 30.7. The van der Waals surface area contributed by atoms with E-state index in [1.807, 2.05) is 39.1 Å². The Morgan fingerprint density at radius 2 is 2.02 bits per heavy atom. The minimum absolute atomic E-state index is 0.0517. The number of aromatic nitrogens is 6. The van der Waals surface area contributed by atoms with Crippen molar-refractivity contribution in [3.8, 4) is 0 Å². The van der Waals surface area contributed by atoms with Crippen LogP contribution < -0.4 is 15.5 Å². The Bertz CT molecular complexity index is 1470. The fourth-order valence-electron chi connectivity index (χ4n) is 5.09. The Morgan fingerprint density at radius 3 is 2.69 bits per heavy atom. The van der Waals surface area contributed by atoms with Gasteiger partial charge in [-0.1, -0.05) is 38.7 Å². The number of aliphatic hydroxyl groups excluding tert-OH is 1. The summed E-state index contributed by atoms with van der Waals surface area (Å²) in [5.41, 5.74) is 2.71. The molecule has 1 saturated carbocycles. The van der Waals surface area contributed by atoms with E-state index in [0.29, 0.717) is 42.4 Å². The highest BCUT2D eigenvalue weighted by molar-refractivity contribution is 5.94. The predicted molar refractivity (Wildman–Crippen MR) is 171 cm³/mol. The lowest BCUT2D eigenvalue weighted by atomic mass is 10.00. The van der Waals surface area contributed by atoms with Crippen LogP contribution in [0, 0.1) is 0 Å². The van der Waals surface area contributed by atoms with Gasteiger partial charge in [-0.05, 0) is 70.0 Å². The monoisotopic (exact) mass is 570 g/mol. The van der Waals surface area contributed by atoms with Crippen LogP contribution in [-0.2, 0) is 0 Å². The van der Waals surface area contributed by atoms with Crippen LogP contribution in [0.15, 0.2) is 54.1 Å². The van der Waals surface area contributed by atoms with Crippen molar-refractivity contribution in [2.75, 3.05) is 29.9 Å². The molecule has 1 aliphatic heterocycles. The Kier molecular flexibility index (Phi) is 10.7. The van der Waals surface area contributed by atoms with Gasteiger partial charge in [-0.2, -0.15) is 4.98 Å². The van der Waals surface area contributed by atoms with Crippen LogP contribution in [0.5, 0.6) is 0 Å². The molecule has 42 heavy (non-hydrogen) atoms. The van der Waals surface area contributed by atoms with Gasteiger partial charge < -0.3 is 20.6 Å². The number of likely N-dealkylation sites (N-methyl/N-ethyl adjacent to an activating group) is 1. The zero-order valence-corrected chi connectivity index (χ0v) is 25.0. The molecule has 11 nitrogen and oxygen atoms in total. The van der Waals surface area contributed by atoms with Gasteiger partial charge in [-0.15, -0.1) is 5.10 Å². The number of β-amino-alcohol motifs (C(OH)–C–C–N with tert-alkyl or cyclic N) is 1. The second-order valence-corrected chi connectivity index (χ2v) is 9.88. The first-order valence-electron chi connectivity index (χ1n) is 14.7. The minimum Gasteiger partial charge on any atom is -0.390 e. The first-order valence-corrected chi connectivity index (χ1v) is 14.7. The van der Waals surface area contributed by atoms with Gasteiger partial charge in [0.1, 0.15) is 17.5 Å². The van der Waals surface area contributed by atoms with Crippen LogP contribution in [-0.4, -0.2) is 73.7 Å². The molecule has 2 fully saturated rings. The van der Waals surface area contributed by atoms with Crippen molar-refractivity contribution in [1.82, 2.24) is 35.5 Å². The number of aromatic amines is 1. The van der Waals surface area contributed by atoms with Crippen LogP contribution in [0.25, 0.3) is 22.6 Å². The molecule has 0 spiro atoms. The minimum atomic E-state index is -0.497. The van der Waals surface area contributed by atoms with Crippen LogP contribution in [0.2, 0.25) is 0 Å². The zero-order chi connectivity index (χ0) is 30.1. The number of nitrogens with one attached hydrogen (secondary N) is 3. The van der Waals surface area contributed by atoms with E-state index in [2.05, 4.69) is 60.9 Å². The molecule has 11 heteroatoms. The van der Waals surface area contributed by atoms with Crippen LogP contribution in [0.3, 0.4) is 0 Å². The molecule has 0 amide bonds. The van der Waals surface area contributed by atoms with Crippen molar-refractivity contribution in [2.45, 2.75) is 65.0 Å². The molecule has 2 unspecified atom stereocenters. The number of hydrogen-bond acceptors (Lipinski definition) is 10. The van der Waals surface area contributed by atoms with E-state index in [0.717, 1.165) is 48.1 Å². The number of allylic oxidation sites excluding steroid dienone is 5. The van der Waals surface area contributed by atoms with Gasteiger partial charge in [-0.3, -0.25) is 10.1 Å². The fourth-order valence-corrected chi connectivity index (χ4v) is 5.09. The second-order valence-electron chi connectivity index (χ2n) is 9.88. The normalized spacial score (nSPS) is 19.4. The predicted octanol–water partition coefficient (Wildman–Crippen LogP) is 4.85. The summed E-state index contributed by atoms with van der Waals surface area (Å²) < 4.78 is 0. The number of fused-ring (bicyclic) bond motifs is 1. The molecule has 3 aromatic rings. The van der Waals surface area contributed by atoms with E-state index in [1.54, 1.807) is 24.4 Å². The number of H-pyrrole nitrogens is 1. The lowest BCUT2D eigenvalue weighted by molar-refractivity contribution is 0.116. The molecule has 0 bridgehead atoms.